The minimum absolute atomic E-state index is 0.687. The maximum Gasteiger partial charge on any atom is 0.340 e. The van der Waals surface area contributed by atoms with Crippen LogP contribution in [0, 0.1) is 25.6 Å². The van der Waals surface area contributed by atoms with Gasteiger partial charge in [0.25, 0.3) is 0 Å². The normalized spacial score (nSPS) is 13.7. The van der Waals surface area contributed by atoms with Gasteiger partial charge < -0.3 is 0 Å². The molecule has 0 atom stereocenters. The topological polar surface area (TPSA) is 86.3 Å². The fourth-order valence-corrected chi connectivity index (χ4v) is 2.85. The highest BCUT2D eigenvalue weighted by atomic mass is 79.9. The average Bonchev–Trinajstić information content (AvgIpc) is 2.02. The van der Waals surface area contributed by atoms with Gasteiger partial charge in [-0.05, 0) is 13.8 Å². The Bertz CT molecular complexity index is 275. The zero-order chi connectivity index (χ0) is 12.7. The third kappa shape index (κ3) is 2.52. The lowest BCUT2D eigenvalue weighted by atomic mass is 9.93. The number of halogens is 4. The van der Waals surface area contributed by atoms with Crippen molar-refractivity contribution < 1.29 is 9.85 Å². The Kier molecular flexibility index (Phi) is 4.75. The van der Waals surface area contributed by atoms with E-state index in [2.05, 4.69) is 63.7 Å². The van der Waals surface area contributed by atoms with Gasteiger partial charge in [0.05, 0.1) is 9.85 Å². The van der Waals surface area contributed by atoms with Crippen molar-refractivity contribution in [1.82, 2.24) is 0 Å². The molecule has 0 unspecified atom stereocenters. The molecule has 0 spiro atoms. The first kappa shape index (κ1) is 15.7. The molecule has 88 valence electrons. The van der Waals surface area contributed by atoms with Crippen LogP contribution in [0.25, 0.3) is 0 Å². The molecule has 0 aliphatic rings. The first-order valence-electron chi connectivity index (χ1n) is 3.43. The number of nitrogens with zero attached hydrogens (tertiary/aromatic N) is 2. The summed E-state index contributed by atoms with van der Waals surface area (Å²) in [5.41, 5.74) is -1.40. The van der Waals surface area contributed by atoms with Crippen LogP contribution < -0.4 is 0 Å². The molecule has 0 bridgehead atoms. The molecule has 0 aliphatic heterocycles. The van der Waals surface area contributed by atoms with E-state index in [1.165, 1.54) is 13.8 Å². The van der Waals surface area contributed by atoms with E-state index in [9.17, 15) is 20.2 Å². The first-order valence-corrected chi connectivity index (χ1v) is 6.61. The van der Waals surface area contributed by atoms with Crippen LogP contribution in [-0.2, 0) is 0 Å². The molecule has 0 rings (SSSR count). The van der Waals surface area contributed by atoms with E-state index in [1.807, 2.05) is 0 Å². The van der Waals surface area contributed by atoms with Crippen LogP contribution in [0.5, 0.6) is 0 Å². The van der Waals surface area contributed by atoms with E-state index in [0.29, 0.717) is 0 Å². The Morgan fingerprint density at radius 3 is 1.20 bits per heavy atom. The molecule has 0 aromatic rings. The van der Waals surface area contributed by atoms with Crippen molar-refractivity contribution in [3.63, 3.8) is 0 Å². The largest absolute Gasteiger partial charge is 0.340 e. The summed E-state index contributed by atoms with van der Waals surface area (Å²) in [4.78, 5) is 20.2. The van der Waals surface area contributed by atoms with E-state index in [-0.39, 0.29) is 0 Å². The molecule has 0 heterocycles. The summed E-state index contributed by atoms with van der Waals surface area (Å²) in [6, 6.07) is 0. The molecule has 0 saturated heterocycles. The van der Waals surface area contributed by atoms with Gasteiger partial charge in [0.15, 0.2) is 0 Å². The van der Waals surface area contributed by atoms with Crippen molar-refractivity contribution >= 4 is 63.7 Å². The summed E-state index contributed by atoms with van der Waals surface area (Å²) in [6.07, 6.45) is 0. The number of hydrogen-bond donors (Lipinski definition) is 0. The number of alkyl halides is 4. The first-order chi connectivity index (χ1) is 6.39. The molecule has 0 aromatic heterocycles. The molecule has 0 N–H and O–H groups in total. The summed E-state index contributed by atoms with van der Waals surface area (Å²) < 4.78 is -3.65. The minimum Gasteiger partial charge on any atom is -0.262 e. The Hall–Kier alpha value is 0.720. The van der Waals surface area contributed by atoms with Crippen LogP contribution in [0.15, 0.2) is 0 Å². The third-order valence-electron chi connectivity index (χ3n) is 1.96. The minimum atomic E-state index is -1.83. The molecular weight excluding hydrogens is 472 g/mol. The predicted octanol–water partition coefficient (Wildman–Crippen LogP) is 3.45. The van der Waals surface area contributed by atoms with E-state index < -0.39 is 22.0 Å². The molecule has 0 aliphatic carbocycles. The highest BCUT2D eigenvalue weighted by Crippen LogP contribution is 2.56. The van der Waals surface area contributed by atoms with E-state index in [4.69, 9.17) is 0 Å². The fraction of sp³-hybridized carbons (Fsp3) is 1.00. The monoisotopic (exact) mass is 474 g/mol. The summed E-state index contributed by atoms with van der Waals surface area (Å²) >= 11 is 11.3. The molecule has 0 aromatic carbocycles. The maximum atomic E-state index is 10.8. The second-order valence-corrected chi connectivity index (χ2v) is 9.94. The number of nitro groups is 2. The Morgan fingerprint density at radius 2 is 1.07 bits per heavy atom. The summed E-state index contributed by atoms with van der Waals surface area (Å²) in [5, 5.41) is 21.6. The maximum absolute atomic E-state index is 10.8. The second kappa shape index (κ2) is 4.53. The Balaban J connectivity index is 5.50. The molecule has 6 nitrogen and oxygen atoms in total. The zero-order valence-electron chi connectivity index (χ0n) is 7.54. The van der Waals surface area contributed by atoms with Crippen LogP contribution >= 0.6 is 63.7 Å². The van der Waals surface area contributed by atoms with Crippen LogP contribution in [0.2, 0.25) is 0 Å². The molecule has 0 saturated carbocycles. The van der Waals surface area contributed by atoms with Crippen molar-refractivity contribution in [2.45, 2.75) is 20.6 Å². The van der Waals surface area contributed by atoms with E-state index in [0.717, 1.165) is 0 Å². The van der Waals surface area contributed by atoms with Crippen molar-refractivity contribution in [1.29, 1.82) is 0 Å². The van der Waals surface area contributed by atoms with Crippen LogP contribution in [0.3, 0.4) is 0 Å². The van der Waals surface area contributed by atoms with Gasteiger partial charge in [-0.25, -0.2) is 0 Å². The van der Waals surface area contributed by atoms with Gasteiger partial charge in [-0.15, -0.1) is 0 Å². The predicted molar refractivity (Wildman–Crippen MR) is 68.9 cm³/mol. The van der Waals surface area contributed by atoms with E-state index >= 15 is 0 Å². The van der Waals surface area contributed by atoms with E-state index in [1.54, 1.807) is 0 Å². The summed E-state index contributed by atoms with van der Waals surface area (Å²) in [6.45, 7) is 2.73. The Labute approximate surface area is 119 Å². The molecule has 0 fully saturated rings. The second-order valence-electron chi connectivity index (χ2n) is 3.22. The molecular formula is C5H6Br4N2O4. The lowest BCUT2D eigenvalue weighted by Gasteiger charge is -2.34. The third-order valence-corrected chi connectivity index (χ3v) is 7.09. The lowest BCUT2D eigenvalue weighted by Crippen LogP contribution is -2.53. The van der Waals surface area contributed by atoms with Crippen molar-refractivity contribution in [2.24, 2.45) is 5.41 Å². The molecule has 15 heavy (non-hydrogen) atoms. The standard InChI is InChI=1S/C5H6Br4N2O4/c1-3(2,4(6,7)10(12)13)5(8,9)11(14)15/h1-2H3. The van der Waals surface area contributed by atoms with Crippen molar-refractivity contribution in [2.75, 3.05) is 0 Å². The summed E-state index contributed by atoms with van der Waals surface area (Å²) in [5.74, 6) is 0. The molecule has 10 heteroatoms. The number of hydrogen-bond acceptors (Lipinski definition) is 4. The SMILES string of the molecule is CC(C)(C(Br)(Br)[N+](=O)[O-])C(Br)(Br)[N+](=O)[O-]. The van der Waals surface area contributed by atoms with Crippen molar-refractivity contribution in [3.05, 3.63) is 20.2 Å². The van der Waals surface area contributed by atoms with Gasteiger partial charge in [0, 0.05) is 63.7 Å². The smallest absolute Gasteiger partial charge is 0.262 e. The van der Waals surface area contributed by atoms with Gasteiger partial charge in [-0.1, -0.05) is 0 Å². The van der Waals surface area contributed by atoms with Crippen LogP contribution in [0.1, 0.15) is 13.8 Å². The highest BCUT2D eigenvalue weighted by Gasteiger charge is 2.68. The Morgan fingerprint density at radius 1 is 0.867 bits per heavy atom. The average molecular weight is 478 g/mol. The highest BCUT2D eigenvalue weighted by molar-refractivity contribution is 9.26. The fourth-order valence-electron chi connectivity index (χ4n) is 0.637. The van der Waals surface area contributed by atoms with Crippen molar-refractivity contribution in [3.8, 4) is 0 Å². The summed E-state index contributed by atoms with van der Waals surface area (Å²) in [7, 11) is 0. The number of rotatable bonds is 4. The van der Waals surface area contributed by atoms with Gasteiger partial charge in [0.1, 0.15) is 5.41 Å². The van der Waals surface area contributed by atoms with Gasteiger partial charge >= 0.3 is 6.71 Å². The van der Waals surface area contributed by atoms with Gasteiger partial charge in [0.2, 0.25) is 0 Å². The van der Waals surface area contributed by atoms with Gasteiger partial charge in [-0.2, -0.15) is 0 Å². The van der Waals surface area contributed by atoms with Crippen LogP contribution in [-0.4, -0.2) is 16.6 Å². The molecule has 0 amide bonds. The quantitative estimate of drug-likeness (QED) is 0.269. The van der Waals surface area contributed by atoms with Gasteiger partial charge in [-0.3, -0.25) is 20.2 Å². The van der Waals surface area contributed by atoms with Crippen LogP contribution in [0.4, 0.5) is 0 Å². The lowest BCUT2D eigenvalue weighted by molar-refractivity contribution is -0.567. The zero-order valence-corrected chi connectivity index (χ0v) is 13.9. The molecule has 0 radical (unpaired) electrons.